The van der Waals surface area contributed by atoms with Gasteiger partial charge in [-0.15, -0.1) is 0 Å². The number of allylic oxidation sites excluding steroid dienone is 1. The second kappa shape index (κ2) is 7.83. The second-order valence-electron chi connectivity index (χ2n) is 2.57. The number of hydrogen-bond acceptors (Lipinski definition) is 3. The van der Waals surface area contributed by atoms with E-state index in [0.717, 1.165) is 11.3 Å². The SMILES string of the molecule is C/C=C(NC)\C(=C/COC)COC. The average Bonchev–Trinajstić information content (AvgIpc) is 2.16. The van der Waals surface area contributed by atoms with Crippen molar-refractivity contribution in [2.24, 2.45) is 0 Å². The molecule has 0 amide bonds. The predicted octanol–water partition coefficient (Wildman–Crippen LogP) is 1.33. The number of rotatable bonds is 6. The first kappa shape index (κ1) is 12.2. The number of likely N-dealkylation sites (N-methyl/N-ethyl adjacent to an activating group) is 1. The molecule has 0 fully saturated rings. The van der Waals surface area contributed by atoms with E-state index in [1.54, 1.807) is 14.2 Å². The summed E-state index contributed by atoms with van der Waals surface area (Å²) in [5, 5.41) is 3.10. The van der Waals surface area contributed by atoms with E-state index in [4.69, 9.17) is 9.47 Å². The Morgan fingerprint density at radius 1 is 1.31 bits per heavy atom. The first-order valence-electron chi connectivity index (χ1n) is 4.31. The van der Waals surface area contributed by atoms with Crippen molar-refractivity contribution < 1.29 is 9.47 Å². The van der Waals surface area contributed by atoms with E-state index in [9.17, 15) is 0 Å². The molecule has 3 heteroatoms. The summed E-state index contributed by atoms with van der Waals surface area (Å²) < 4.78 is 10.1. The summed E-state index contributed by atoms with van der Waals surface area (Å²) in [6.07, 6.45) is 4.02. The molecular weight excluding hydrogens is 166 g/mol. The largest absolute Gasteiger partial charge is 0.388 e. The minimum absolute atomic E-state index is 0.601. The van der Waals surface area contributed by atoms with E-state index in [2.05, 4.69) is 5.32 Å². The molecule has 76 valence electrons. The van der Waals surface area contributed by atoms with Gasteiger partial charge in [-0.2, -0.15) is 0 Å². The molecule has 0 spiro atoms. The molecule has 0 aliphatic heterocycles. The maximum atomic E-state index is 5.08. The standard InChI is InChI=1S/C10H19NO2/c1-5-10(11-2)9(8-13-4)6-7-12-3/h5-6,11H,7-8H2,1-4H3/b9-6-,10-5+. The lowest BCUT2D eigenvalue weighted by Gasteiger charge is -2.10. The zero-order valence-electron chi connectivity index (χ0n) is 8.89. The highest BCUT2D eigenvalue weighted by Crippen LogP contribution is 2.06. The van der Waals surface area contributed by atoms with Gasteiger partial charge in [-0.25, -0.2) is 0 Å². The summed E-state index contributed by atoms with van der Waals surface area (Å²) in [7, 11) is 5.25. The second-order valence-corrected chi connectivity index (χ2v) is 2.57. The van der Waals surface area contributed by atoms with E-state index in [0.29, 0.717) is 13.2 Å². The molecule has 13 heavy (non-hydrogen) atoms. The molecule has 0 aliphatic rings. The molecule has 0 radical (unpaired) electrons. The lowest BCUT2D eigenvalue weighted by molar-refractivity contribution is 0.218. The lowest BCUT2D eigenvalue weighted by atomic mass is 10.2. The maximum Gasteiger partial charge on any atom is 0.0730 e. The predicted molar refractivity (Wildman–Crippen MR) is 54.7 cm³/mol. The monoisotopic (exact) mass is 185 g/mol. The van der Waals surface area contributed by atoms with Crippen molar-refractivity contribution in [3.8, 4) is 0 Å². The third-order valence-corrected chi connectivity index (χ3v) is 1.70. The Balaban J connectivity index is 4.38. The van der Waals surface area contributed by atoms with Crippen molar-refractivity contribution in [2.75, 3.05) is 34.5 Å². The van der Waals surface area contributed by atoms with Gasteiger partial charge in [0, 0.05) is 27.0 Å². The van der Waals surface area contributed by atoms with Gasteiger partial charge in [0.1, 0.15) is 0 Å². The summed E-state index contributed by atoms with van der Waals surface area (Å²) in [4.78, 5) is 0. The molecule has 3 nitrogen and oxygen atoms in total. The van der Waals surface area contributed by atoms with Gasteiger partial charge in [0.15, 0.2) is 0 Å². The fourth-order valence-electron chi connectivity index (χ4n) is 1.08. The normalized spacial score (nSPS) is 13.2. The third kappa shape index (κ3) is 4.70. The number of nitrogens with one attached hydrogen (secondary N) is 1. The smallest absolute Gasteiger partial charge is 0.0730 e. The van der Waals surface area contributed by atoms with Crippen molar-refractivity contribution in [3.05, 3.63) is 23.4 Å². The van der Waals surface area contributed by atoms with E-state index in [1.165, 1.54) is 0 Å². The third-order valence-electron chi connectivity index (χ3n) is 1.70. The van der Waals surface area contributed by atoms with Gasteiger partial charge < -0.3 is 14.8 Å². The van der Waals surface area contributed by atoms with Gasteiger partial charge in [-0.1, -0.05) is 12.2 Å². The molecule has 0 aromatic heterocycles. The Hall–Kier alpha value is -0.800. The summed E-state index contributed by atoms with van der Waals surface area (Å²) >= 11 is 0. The van der Waals surface area contributed by atoms with E-state index in [-0.39, 0.29) is 0 Å². The van der Waals surface area contributed by atoms with E-state index in [1.807, 2.05) is 26.1 Å². The fourth-order valence-corrected chi connectivity index (χ4v) is 1.08. The molecule has 0 unspecified atom stereocenters. The Morgan fingerprint density at radius 2 is 2.00 bits per heavy atom. The van der Waals surface area contributed by atoms with Crippen LogP contribution in [0.15, 0.2) is 23.4 Å². The van der Waals surface area contributed by atoms with Crippen LogP contribution in [-0.4, -0.2) is 34.5 Å². The van der Waals surface area contributed by atoms with Crippen molar-refractivity contribution in [1.82, 2.24) is 5.32 Å². The number of methoxy groups -OCH3 is 2. The van der Waals surface area contributed by atoms with Gasteiger partial charge in [0.2, 0.25) is 0 Å². The molecule has 0 bridgehead atoms. The summed E-state index contributed by atoms with van der Waals surface area (Å²) in [5.41, 5.74) is 2.20. The van der Waals surface area contributed by atoms with Crippen LogP contribution in [0.5, 0.6) is 0 Å². The van der Waals surface area contributed by atoms with Gasteiger partial charge in [0.05, 0.1) is 13.2 Å². The lowest BCUT2D eigenvalue weighted by Crippen LogP contribution is -2.12. The molecule has 0 aromatic rings. The highest BCUT2D eigenvalue weighted by molar-refractivity contribution is 5.29. The van der Waals surface area contributed by atoms with Crippen LogP contribution < -0.4 is 5.32 Å². The van der Waals surface area contributed by atoms with Crippen LogP contribution in [0.1, 0.15) is 6.92 Å². The Bertz CT molecular complexity index is 185. The van der Waals surface area contributed by atoms with E-state index >= 15 is 0 Å². The first-order chi connectivity index (χ1) is 6.29. The quantitative estimate of drug-likeness (QED) is 0.633. The highest BCUT2D eigenvalue weighted by Gasteiger charge is 2.00. The van der Waals surface area contributed by atoms with Gasteiger partial charge >= 0.3 is 0 Å². The van der Waals surface area contributed by atoms with Crippen LogP contribution in [0.4, 0.5) is 0 Å². The molecule has 0 atom stereocenters. The minimum atomic E-state index is 0.601. The highest BCUT2D eigenvalue weighted by atomic mass is 16.5. The summed E-state index contributed by atoms with van der Waals surface area (Å²) in [6, 6.07) is 0. The van der Waals surface area contributed by atoms with Crippen LogP contribution in [-0.2, 0) is 9.47 Å². The van der Waals surface area contributed by atoms with Gasteiger partial charge in [-0.05, 0) is 12.5 Å². The zero-order chi connectivity index (χ0) is 10.1. The van der Waals surface area contributed by atoms with Crippen LogP contribution in [0, 0.1) is 0 Å². The number of ether oxygens (including phenoxy) is 2. The van der Waals surface area contributed by atoms with Crippen molar-refractivity contribution in [3.63, 3.8) is 0 Å². The molecule has 0 aromatic carbocycles. The van der Waals surface area contributed by atoms with Gasteiger partial charge in [-0.3, -0.25) is 0 Å². The topological polar surface area (TPSA) is 30.5 Å². The molecule has 1 N–H and O–H groups in total. The molecule has 0 rings (SSSR count). The van der Waals surface area contributed by atoms with Crippen LogP contribution in [0.25, 0.3) is 0 Å². The minimum Gasteiger partial charge on any atom is -0.388 e. The molecule has 0 aliphatic carbocycles. The van der Waals surface area contributed by atoms with Crippen LogP contribution >= 0.6 is 0 Å². The Kier molecular flexibility index (Phi) is 7.35. The van der Waals surface area contributed by atoms with Crippen molar-refractivity contribution in [2.45, 2.75) is 6.92 Å². The Labute approximate surface area is 80.4 Å². The molecule has 0 saturated heterocycles. The van der Waals surface area contributed by atoms with Crippen LogP contribution in [0.3, 0.4) is 0 Å². The Morgan fingerprint density at radius 3 is 2.38 bits per heavy atom. The van der Waals surface area contributed by atoms with Gasteiger partial charge in [0.25, 0.3) is 0 Å². The zero-order valence-corrected chi connectivity index (χ0v) is 8.89. The van der Waals surface area contributed by atoms with Crippen molar-refractivity contribution in [1.29, 1.82) is 0 Å². The molecule has 0 heterocycles. The number of hydrogen-bond donors (Lipinski definition) is 1. The molecule has 0 saturated carbocycles. The van der Waals surface area contributed by atoms with Crippen LogP contribution in [0.2, 0.25) is 0 Å². The fraction of sp³-hybridized carbons (Fsp3) is 0.600. The molecular formula is C10H19NO2. The summed E-state index contributed by atoms with van der Waals surface area (Å²) in [6.45, 7) is 3.20. The van der Waals surface area contributed by atoms with E-state index < -0.39 is 0 Å². The average molecular weight is 185 g/mol. The van der Waals surface area contributed by atoms with Crippen molar-refractivity contribution >= 4 is 0 Å². The summed E-state index contributed by atoms with van der Waals surface area (Å²) in [5.74, 6) is 0. The maximum absolute atomic E-state index is 5.08. The first-order valence-corrected chi connectivity index (χ1v) is 4.31.